The Labute approximate surface area is 207 Å². The molecule has 0 bridgehead atoms. The average molecular weight is 520 g/mol. The van der Waals surface area contributed by atoms with Gasteiger partial charge in [-0.15, -0.1) is 11.3 Å². The fourth-order valence-corrected chi connectivity index (χ4v) is 4.60. The number of hydrogen-bond donors (Lipinski definition) is 3. The molecule has 1 amide bonds. The third kappa shape index (κ3) is 5.63. The van der Waals surface area contributed by atoms with Crippen molar-refractivity contribution in [2.24, 2.45) is 0 Å². The van der Waals surface area contributed by atoms with Crippen LogP contribution in [-0.2, 0) is 22.1 Å². The summed E-state index contributed by atoms with van der Waals surface area (Å²) in [7, 11) is 1.56. The van der Waals surface area contributed by atoms with E-state index in [0.717, 1.165) is 23.5 Å². The summed E-state index contributed by atoms with van der Waals surface area (Å²) in [6.45, 7) is 0. The van der Waals surface area contributed by atoms with E-state index in [-0.39, 0.29) is 40.5 Å². The highest BCUT2D eigenvalue weighted by Gasteiger charge is 2.44. The number of amides is 1. The quantitative estimate of drug-likeness (QED) is 0.172. The zero-order valence-electron chi connectivity index (χ0n) is 19.0. The van der Waals surface area contributed by atoms with Gasteiger partial charge in [-0.3, -0.25) is 15.5 Å². The fourth-order valence-electron chi connectivity index (χ4n) is 3.60. The van der Waals surface area contributed by atoms with Gasteiger partial charge in [0.25, 0.3) is 0 Å². The zero-order chi connectivity index (χ0) is 26.1. The van der Waals surface area contributed by atoms with Crippen LogP contribution in [0, 0.1) is 22.6 Å². The number of nitrogens with zero attached hydrogens (tertiary/aromatic N) is 2. The summed E-state index contributed by atoms with van der Waals surface area (Å²) in [5.41, 5.74) is -1.26. The molecule has 1 aromatic heterocycles. The number of fused-ring (bicyclic) bond motifs is 1. The molecule has 4 rings (SSSR count). The molecule has 1 aliphatic carbocycles. The molecule has 36 heavy (non-hydrogen) atoms. The molecular formula is C24H21F4N5O2S. The molecule has 0 radical (unpaired) electrons. The molecule has 7 nitrogen and oxygen atoms in total. The van der Waals surface area contributed by atoms with Crippen molar-refractivity contribution in [3.63, 3.8) is 0 Å². The van der Waals surface area contributed by atoms with Crippen LogP contribution in [0.2, 0.25) is 0 Å². The van der Waals surface area contributed by atoms with Crippen LogP contribution in [0.4, 0.5) is 17.6 Å². The topological polar surface area (TPSA) is 111 Å². The summed E-state index contributed by atoms with van der Waals surface area (Å²) in [6.07, 6.45) is -4.35. The molecule has 3 N–H and O–H groups in total. The smallest absolute Gasteiger partial charge is 0.416 e. The van der Waals surface area contributed by atoms with E-state index in [2.05, 4.69) is 21.7 Å². The minimum Gasteiger partial charge on any atom is -0.462 e. The number of aromatic nitrogens is 1. The molecular weight excluding hydrogens is 498 g/mol. The second-order valence-electron chi connectivity index (χ2n) is 8.40. The molecule has 1 atom stereocenters. The molecule has 1 heterocycles. The number of rotatable bonds is 8. The summed E-state index contributed by atoms with van der Waals surface area (Å²) in [5.74, 6) is -1.29. The van der Waals surface area contributed by atoms with Crippen LogP contribution in [0.25, 0.3) is 21.3 Å². The lowest BCUT2D eigenvalue weighted by Gasteiger charge is -2.19. The highest BCUT2D eigenvalue weighted by atomic mass is 32.1. The maximum atomic E-state index is 15.2. The van der Waals surface area contributed by atoms with Crippen molar-refractivity contribution in [1.29, 1.82) is 10.7 Å². The van der Waals surface area contributed by atoms with Crippen molar-refractivity contribution in [2.45, 2.75) is 43.6 Å². The molecule has 12 heteroatoms. The van der Waals surface area contributed by atoms with Gasteiger partial charge in [0.15, 0.2) is 12.1 Å². The molecule has 0 spiro atoms. The Balaban J connectivity index is 1.45. The first-order chi connectivity index (χ1) is 17.0. The van der Waals surface area contributed by atoms with Crippen molar-refractivity contribution in [1.82, 2.24) is 15.6 Å². The van der Waals surface area contributed by atoms with E-state index in [9.17, 15) is 18.0 Å². The van der Waals surface area contributed by atoms with Crippen LogP contribution >= 0.6 is 11.3 Å². The largest absolute Gasteiger partial charge is 0.462 e. The van der Waals surface area contributed by atoms with Gasteiger partial charge < -0.3 is 10.1 Å². The predicted octanol–water partition coefficient (Wildman–Crippen LogP) is 4.77. The number of carbonyl (C=O) groups excluding carboxylic acids is 1. The Morgan fingerprint density at radius 3 is 2.72 bits per heavy atom. The molecule has 1 fully saturated rings. The zero-order valence-corrected chi connectivity index (χ0v) is 19.8. The van der Waals surface area contributed by atoms with Gasteiger partial charge in [-0.2, -0.15) is 18.4 Å². The molecule has 3 aromatic rings. The Morgan fingerprint density at radius 1 is 1.33 bits per heavy atom. The maximum Gasteiger partial charge on any atom is 0.416 e. The number of alkyl halides is 3. The van der Waals surface area contributed by atoms with Crippen LogP contribution in [0.5, 0.6) is 0 Å². The van der Waals surface area contributed by atoms with Gasteiger partial charge >= 0.3 is 6.18 Å². The Hall–Kier alpha value is -3.56. The first-order valence-corrected chi connectivity index (χ1v) is 11.7. The second-order valence-corrected chi connectivity index (χ2v) is 9.49. The van der Waals surface area contributed by atoms with E-state index in [1.807, 2.05) is 0 Å². The van der Waals surface area contributed by atoms with Crippen molar-refractivity contribution in [2.75, 3.05) is 7.05 Å². The van der Waals surface area contributed by atoms with Gasteiger partial charge in [0.2, 0.25) is 5.91 Å². The van der Waals surface area contributed by atoms with Crippen LogP contribution in [0.15, 0.2) is 36.4 Å². The van der Waals surface area contributed by atoms with E-state index >= 15 is 4.39 Å². The molecule has 2 aromatic carbocycles. The Bertz CT molecular complexity index is 1360. The summed E-state index contributed by atoms with van der Waals surface area (Å²) in [4.78, 5) is 16.5. The van der Waals surface area contributed by atoms with E-state index < -0.39 is 29.3 Å². The molecule has 1 saturated carbocycles. The number of carbonyl (C=O) groups is 1. The van der Waals surface area contributed by atoms with Gasteiger partial charge in [0.1, 0.15) is 16.4 Å². The van der Waals surface area contributed by atoms with Crippen molar-refractivity contribution in [3.8, 4) is 17.2 Å². The van der Waals surface area contributed by atoms with Crippen LogP contribution in [-0.4, -0.2) is 35.6 Å². The van der Waals surface area contributed by atoms with Crippen LogP contribution in [0.1, 0.15) is 29.8 Å². The number of nitrogens with one attached hydrogen (secondary N) is 3. The number of ether oxygens (including phenoxy) is 1. The monoisotopic (exact) mass is 519 g/mol. The highest BCUT2D eigenvalue weighted by Crippen LogP contribution is 2.36. The summed E-state index contributed by atoms with van der Waals surface area (Å²) < 4.78 is 60.1. The number of thiazole rings is 1. The lowest BCUT2D eigenvalue weighted by atomic mass is 10.0. The summed E-state index contributed by atoms with van der Waals surface area (Å²) >= 11 is 0.974. The lowest BCUT2D eigenvalue weighted by Crippen LogP contribution is -2.41. The Morgan fingerprint density at radius 2 is 2.08 bits per heavy atom. The molecule has 0 aliphatic heterocycles. The van der Waals surface area contributed by atoms with Crippen LogP contribution in [0.3, 0.4) is 0 Å². The SMILES string of the molecule is CNC(CC(=O)NC1(C#N)CC1)OC(=N)Cc1nc2ccc(-c3cccc(C(F)(F)F)c3)c(F)c2s1. The van der Waals surface area contributed by atoms with Gasteiger partial charge in [-0.1, -0.05) is 12.1 Å². The van der Waals surface area contributed by atoms with Crippen molar-refractivity contribution in [3.05, 3.63) is 52.8 Å². The third-order valence-corrected chi connectivity index (χ3v) is 6.74. The third-order valence-electron chi connectivity index (χ3n) is 5.67. The predicted molar refractivity (Wildman–Crippen MR) is 126 cm³/mol. The van der Waals surface area contributed by atoms with Gasteiger partial charge in [-0.05, 0) is 49.7 Å². The highest BCUT2D eigenvalue weighted by molar-refractivity contribution is 7.18. The molecule has 188 valence electrons. The molecule has 1 aliphatic rings. The second kappa shape index (κ2) is 9.83. The standard InChI is InChI=1S/C24H21F4N5O2S/c1-31-19(11-18(34)33-23(12-29)7-8-23)35-17(30)10-20-32-16-6-5-15(21(25)22(16)36-20)13-3-2-4-14(9-13)24(26,27)28/h2-6,9,19,30-31H,7-8,10-11H2,1H3,(H,33,34). The first-order valence-electron chi connectivity index (χ1n) is 10.9. The van der Waals surface area contributed by atoms with Gasteiger partial charge in [0, 0.05) is 5.56 Å². The van der Waals surface area contributed by atoms with Crippen LogP contribution < -0.4 is 10.6 Å². The lowest BCUT2D eigenvalue weighted by molar-refractivity contribution is -0.137. The normalized spacial score (nSPS) is 15.2. The van der Waals surface area contributed by atoms with E-state index in [4.69, 9.17) is 15.4 Å². The van der Waals surface area contributed by atoms with Gasteiger partial charge in [0.05, 0.1) is 34.7 Å². The average Bonchev–Trinajstić information content (AvgIpc) is 3.47. The number of nitriles is 1. The van der Waals surface area contributed by atoms with E-state index in [1.165, 1.54) is 24.3 Å². The first kappa shape index (κ1) is 25.5. The number of hydrogen-bond acceptors (Lipinski definition) is 7. The van der Waals surface area contributed by atoms with Gasteiger partial charge in [-0.25, -0.2) is 9.37 Å². The van der Waals surface area contributed by atoms with E-state index in [1.54, 1.807) is 7.05 Å². The summed E-state index contributed by atoms with van der Waals surface area (Å²) in [6, 6.07) is 9.40. The Kier molecular flexibility index (Phi) is 6.97. The molecule has 1 unspecified atom stereocenters. The number of benzene rings is 2. The van der Waals surface area contributed by atoms with E-state index in [0.29, 0.717) is 23.4 Å². The summed E-state index contributed by atoms with van der Waals surface area (Å²) in [5, 5.41) is 23.0. The number of halogens is 4. The minimum atomic E-state index is -4.55. The molecule has 0 saturated heterocycles. The van der Waals surface area contributed by atoms with Crippen molar-refractivity contribution >= 4 is 33.4 Å². The fraction of sp³-hybridized carbons (Fsp3) is 0.333. The van der Waals surface area contributed by atoms with Crippen molar-refractivity contribution < 1.29 is 27.1 Å². The minimum absolute atomic E-state index is 0.0159. The maximum absolute atomic E-state index is 15.2.